The Morgan fingerprint density at radius 1 is 1.12 bits per heavy atom. The first kappa shape index (κ1) is 27.8. The molecule has 0 bridgehead atoms. The number of nitrogens with zero attached hydrogens (tertiary/aromatic N) is 2. The van der Waals surface area contributed by atoms with Gasteiger partial charge in [-0.1, -0.05) is 6.07 Å². The van der Waals surface area contributed by atoms with Gasteiger partial charge in [-0.05, 0) is 61.4 Å². The number of hydrogen-bond acceptors (Lipinski definition) is 6. The number of amides is 1. The minimum atomic E-state index is -5.31. The second kappa shape index (κ2) is 10.5. The van der Waals surface area contributed by atoms with Gasteiger partial charge < -0.3 is 19.9 Å². The summed E-state index contributed by atoms with van der Waals surface area (Å²) in [4.78, 5) is 21.5. The molecule has 4 aromatic rings. The number of carbonyl (C=O) groups excluding carboxylic acids is 1. The molecule has 6 rings (SSSR count). The number of aromatic nitrogens is 2. The molecule has 3 heterocycles. The number of halogens is 5. The molecule has 1 aliphatic carbocycles. The topological polar surface area (TPSA) is 93.6 Å². The Labute approximate surface area is 236 Å². The minimum absolute atomic E-state index is 0.00971. The van der Waals surface area contributed by atoms with E-state index < -0.39 is 48.3 Å². The standard InChI is InChI=1S/C30H24F5N3O4/c31-13-19-14-41-27-22(19)12-24(38-26(27)16-3-5-20(32)6-4-16)29(40,30(33,34)35)15-37-28(39)18-10-17-2-1-9-36-25(17)23(11-18)42-21-7-8-21/h1-6,9-12,19,21,40H,7-8,13-15H2,(H,37,39)/t19?,29-/m0/s1. The van der Waals surface area contributed by atoms with Crippen LogP contribution in [0.25, 0.3) is 22.2 Å². The number of benzene rings is 2. The van der Waals surface area contributed by atoms with Crippen molar-refractivity contribution in [2.45, 2.75) is 36.6 Å². The van der Waals surface area contributed by atoms with Gasteiger partial charge in [0.15, 0.2) is 0 Å². The molecule has 7 nitrogen and oxygen atoms in total. The van der Waals surface area contributed by atoms with Crippen LogP contribution in [-0.2, 0) is 5.60 Å². The van der Waals surface area contributed by atoms with Crippen LogP contribution in [0.3, 0.4) is 0 Å². The summed E-state index contributed by atoms with van der Waals surface area (Å²) in [6.45, 7) is -2.37. The fraction of sp³-hybridized carbons (Fsp3) is 0.300. The van der Waals surface area contributed by atoms with Crippen molar-refractivity contribution in [3.63, 3.8) is 0 Å². The van der Waals surface area contributed by atoms with E-state index >= 15 is 0 Å². The van der Waals surface area contributed by atoms with Crippen LogP contribution in [0.1, 0.15) is 40.4 Å². The molecule has 0 radical (unpaired) electrons. The van der Waals surface area contributed by atoms with Gasteiger partial charge in [-0.3, -0.25) is 14.2 Å². The number of carbonyl (C=O) groups is 1. The largest absolute Gasteiger partial charge is 0.490 e. The van der Waals surface area contributed by atoms with Crippen LogP contribution in [0.4, 0.5) is 22.0 Å². The van der Waals surface area contributed by atoms with E-state index in [0.29, 0.717) is 16.7 Å². The second-order valence-corrected chi connectivity index (χ2v) is 10.4. The average Bonchev–Trinajstić information content (AvgIpc) is 3.70. The maximum absolute atomic E-state index is 14.6. The molecular weight excluding hydrogens is 561 g/mol. The highest BCUT2D eigenvalue weighted by Crippen LogP contribution is 2.46. The van der Waals surface area contributed by atoms with Crippen LogP contribution >= 0.6 is 0 Å². The van der Waals surface area contributed by atoms with Crippen molar-refractivity contribution in [3.05, 3.63) is 83.4 Å². The molecule has 1 amide bonds. The Balaban J connectivity index is 1.36. The predicted octanol–water partition coefficient (Wildman–Crippen LogP) is 5.60. The third-order valence-corrected chi connectivity index (χ3v) is 7.32. The van der Waals surface area contributed by atoms with E-state index in [4.69, 9.17) is 9.47 Å². The number of alkyl halides is 4. The molecule has 218 valence electrons. The zero-order valence-electron chi connectivity index (χ0n) is 21.9. The van der Waals surface area contributed by atoms with Gasteiger partial charge in [-0.2, -0.15) is 13.2 Å². The highest BCUT2D eigenvalue weighted by atomic mass is 19.4. The molecule has 0 spiro atoms. The van der Waals surface area contributed by atoms with E-state index in [0.717, 1.165) is 31.0 Å². The lowest BCUT2D eigenvalue weighted by molar-refractivity contribution is -0.265. The summed E-state index contributed by atoms with van der Waals surface area (Å²) in [5.74, 6) is -2.00. The number of pyridine rings is 2. The fourth-order valence-electron chi connectivity index (χ4n) is 4.82. The molecule has 2 N–H and O–H groups in total. The quantitative estimate of drug-likeness (QED) is 0.262. The van der Waals surface area contributed by atoms with Gasteiger partial charge in [-0.15, -0.1) is 0 Å². The summed E-state index contributed by atoms with van der Waals surface area (Å²) in [6.07, 6.45) is -2.09. The first-order valence-electron chi connectivity index (χ1n) is 13.2. The van der Waals surface area contributed by atoms with E-state index in [1.165, 1.54) is 24.3 Å². The lowest BCUT2D eigenvalue weighted by atomic mass is 9.92. The lowest BCUT2D eigenvalue weighted by Crippen LogP contribution is -2.51. The molecule has 12 heteroatoms. The number of fused-ring (bicyclic) bond motifs is 2. The fourth-order valence-corrected chi connectivity index (χ4v) is 4.82. The molecule has 1 saturated carbocycles. The number of aliphatic hydroxyl groups is 1. The summed E-state index contributed by atoms with van der Waals surface area (Å²) in [7, 11) is 0. The van der Waals surface area contributed by atoms with Crippen LogP contribution in [0.2, 0.25) is 0 Å². The first-order valence-corrected chi connectivity index (χ1v) is 13.2. The SMILES string of the molecule is O=C(NC[C@](O)(c1cc2c(c(-c3ccc(F)cc3)n1)OCC2CF)C(F)(F)F)c1cc(OC2CC2)c2ncccc2c1. The van der Waals surface area contributed by atoms with E-state index in [1.807, 2.05) is 0 Å². The molecule has 0 saturated heterocycles. The third-order valence-electron chi connectivity index (χ3n) is 7.32. The first-order chi connectivity index (χ1) is 20.1. The van der Waals surface area contributed by atoms with Crippen LogP contribution in [0.15, 0.2) is 60.8 Å². The predicted molar refractivity (Wildman–Crippen MR) is 142 cm³/mol. The van der Waals surface area contributed by atoms with E-state index in [-0.39, 0.29) is 40.8 Å². The van der Waals surface area contributed by atoms with Gasteiger partial charge in [0.05, 0.1) is 37.5 Å². The number of rotatable bonds is 8. The van der Waals surface area contributed by atoms with Gasteiger partial charge in [0.2, 0.25) is 5.60 Å². The Hall–Kier alpha value is -4.32. The van der Waals surface area contributed by atoms with Crippen molar-refractivity contribution in [2.75, 3.05) is 19.8 Å². The third kappa shape index (κ3) is 5.11. The highest BCUT2D eigenvalue weighted by Gasteiger charge is 2.57. The van der Waals surface area contributed by atoms with Crippen LogP contribution in [-0.4, -0.2) is 53.1 Å². The molecule has 2 atom stereocenters. The molecule has 1 fully saturated rings. The second-order valence-electron chi connectivity index (χ2n) is 10.4. The maximum atomic E-state index is 14.6. The van der Waals surface area contributed by atoms with Gasteiger partial charge in [0.25, 0.3) is 5.91 Å². The normalized spacial score (nSPS) is 17.8. The van der Waals surface area contributed by atoms with Crippen molar-refractivity contribution in [2.24, 2.45) is 0 Å². The zero-order chi connectivity index (χ0) is 29.6. The van der Waals surface area contributed by atoms with E-state index in [1.54, 1.807) is 18.3 Å². The van der Waals surface area contributed by atoms with Crippen molar-refractivity contribution in [1.29, 1.82) is 0 Å². The summed E-state index contributed by atoms with van der Waals surface area (Å²) in [6, 6.07) is 11.9. The smallest absolute Gasteiger partial charge is 0.424 e. The zero-order valence-corrected chi connectivity index (χ0v) is 21.9. The van der Waals surface area contributed by atoms with Gasteiger partial charge in [0.1, 0.15) is 28.5 Å². The van der Waals surface area contributed by atoms with Gasteiger partial charge in [-0.25, -0.2) is 9.37 Å². The lowest BCUT2D eigenvalue weighted by Gasteiger charge is -2.31. The van der Waals surface area contributed by atoms with E-state index in [2.05, 4.69) is 15.3 Å². The molecule has 2 aromatic heterocycles. The minimum Gasteiger partial charge on any atom is -0.490 e. The Morgan fingerprint density at radius 3 is 2.57 bits per heavy atom. The van der Waals surface area contributed by atoms with Gasteiger partial charge in [0, 0.05) is 28.3 Å². The summed E-state index contributed by atoms with van der Waals surface area (Å²) in [5.41, 5.74) is -3.84. The highest BCUT2D eigenvalue weighted by molar-refractivity contribution is 6.00. The van der Waals surface area contributed by atoms with Crippen molar-refractivity contribution in [3.8, 4) is 22.8 Å². The summed E-state index contributed by atoms with van der Waals surface area (Å²) >= 11 is 0. The molecule has 1 unspecified atom stereocenters. The Morgan fingerprint density at radius 2 is 1.88 bits per heavy atom. The van der Waals surface area contributed by atoms with Crippen LogP contribution in [0.5, 0.6) is 11.5 Å². The Bertz CT molecular complexity index is 1660. The molecule has 2 aliphatic rings. The molecule has 42 heavy (non-hydrogen) atoms. The number of nitrogens with one attached hydrogen (secondary N) is 1. The maximum Gasteiger partial charge on any atom is 0.424 e. The molecular formula is C30H24F5N3O4. The summed E-state index contributed by atoms with van der Waals surface area (Å²) in [5, 5.41) is 13.9. The van der Waals surface area contributed by atoms with Crippen molar-refractivity contribution < 1.29 is 41.3 Å². The van der Waals surface area contributed by atoms with Gasteiger partial charge >= 0.3 is 6.18 Å². The van der Waals surface area contributed by atoms with Crippen molar-refractivity contribution >= 4 is 16.8 Å². The molecule has 1 aliphatic heterocycles. The number of hydrogen-bond donors (Lipinski definition) is 2. The summed E-state index contributed by atoms with van der Waals surface area (Å²) < 4.78 is 82.5. The molecule has 2 aromatic carbocycles. The Kier molecular flexibility index (Phi) is 6.96. The van der Waals surface area contributed by atoms with E-state index in [9.17, 15) is 31.9 Å². The van der Waals surface area contributed by atoms with Crippen LogP contribution < -0.4 is 14.8 Å². The van der Waals surface area contributed by atoms with Crippen molar-refractivity contribution in [1.82, 2.24) is 15.3 Å². The monoisotopic (exact) mass is 585 g/mol. The number of ether oxygens (including phenoxy) is 2. The van der Waals surface area contributed by atoms with Crippen LogP contribution in [0, 0.1) is 5.82 Å². The average molecular weight is 586 g/mol.